The molecule has 0 saturated carbocycles. The van der Waals surface area contributed by atoms with E-state index in [0.29, 0.717) is 6.10 Å². The maximum absolute atomic E-state index is 5.73. The molecular weight excluding hydrogens is 316 g/mol. The fourth-order valence-corrected chi connectivity index (χ4v) is 3.65. The molecular formula is C18H32N6O. The smallest absolute Gasteiger partial charge is 0.194 e. The molecule has 2 saturated heterocycles. The Morgan fingerprint density at radius 2 is 2.32 bits per heavy atom. The molecule has 2 fully saturated rings. The normalized spacial score (nSPS) is 24.7. The van der Waals surface area contributed by atoms with Crippen molar-refractivity contribution in [3.63, 3.8) is 0 Å². The Bertz CT molecular complexity index is 552. The highest BCUT2D eigenvalue weighted by atomic mass is 16.5. The number of guanidine groups is 1. The molecule has 2 aliphatic rings. The first-order valence-corrected chi connectivity index (χ1v) is 9.77. The molecule has 2 aliphatic heterocycles. The number of nitrogens with zero attached hydrogens (tertiary/aromatic N) is 5. The zero-order valence-electron chi connectivity index (χ0n) is 15.7. The van der Waals surface area contributed by atoms with E-state index in [9.17, 15) is 0 Å². The first-order chi connectivity index (χ1) is 12.3. The molecule has 3 rings (SSSR count). The lowest BCUT2D eigenvalue weighted by Gasteiger charge is -2.34. The number of rotatable bonds is 6. The van der Waals surface area contributed by atoms with Crippen molar-refractivity contribution in [1.29, 1.82) is 0 Å². The van der Waals surface area contributed by atoms with Crippen LogP contribution < -0.4 is 5.32 Å². The Labute approximate surface area is 150 Å². The lowest BCUT2D eigenvalue weighted by atomic mass is 10.0. The van der Waals surface area contributed by atoms with Gasteiger partial charge in [-0.2, -0.15) is 0 Å². The van der Waals surface area contributed by atoms with Crippen LogP contribution in [0, 0.1) is 5.92 Å². The van der Waals surface area contributed by atoms with Gasteiger partial charge in [0.25, 0.3) is 0 Å². The third-order valence-corrected chi connectivity index (χ3v) is 5.07. The van der Waals surface area contributed by atoms with Crippen molar-refractivity contribution in [2.24, 2.45) is 10.9 Å². The van der Waals surface area contributed by atoms with Gasteiger partial charge in [0.15, 0.2) is 5.96 Å². The predicted octanol–water partition coefficient (Wildman–Crippen LogP) is 1.70. The third kappa shape index (κ3) is 5.17. The van der Waals surface area contributed by atoms with Crippen molar-refractivity contribution < 1.29 is 4.74 Å². The van der Waals surface area contributed by atoms with Crippen LogP contribution in [0.3, 0.4) is 0 Å². The number of piperidine rings is 1. The molecule has 25 heavy (non-hydrogen) atoms. The van der Waals surface area contributed by atoms with Gasteiger partial charge in [0.1, 0.15) is 12.2 Å². The molecule has 1 aromatic rings. The number of likely N-dealkylation sites (tertiary alicyclic amines) is 1. The van der Waals surface area contributed by atoms with E-state index in [1.54, 1.807) is 0 Å². The van der Waals surface area contributed by atoms with Crippen LogP contribution in [0.1, 0.15) is 45.4 Å². The molecule has 2 unspecified atom stereocenters. The number of hydrogen-bond donors (Lipinski definition) is 1. The van der Waals surface area contributed by atoms with Gasteiger partial charge in [-0.15, -0.1) is 10.2 Å². The Morgan fingerprint density at radius 1 is 1.40 bits per heavy atom. The summed E-state index contributed by atoms with van der Waals surface area (Å²) < 4.78 is 7.85. The zero-order valence-corrected chi connectivity index (χ0v) is 15.7. The molecule has 0 amide bonds. The standard InChI is InChI=1S/C18H32N6O/c1-3-17-22-21-14-24(17)10-8-19-18(20-12-16-7-5-11-25-16)23-9-4-6-15(2)13-23/h14-16H,3-13H2,1-2H3,(H,19,20). The van der Waals surface area contributed by atoms with Gasteiger partial charge < -0.3 is 19.5 Å². The van der Waals surface area contributed by atoms with E-state index in [-0.39, 0.29) is 0 Å². The molecule has 0 spiro atoms. The van der Waals surface area contributed by atoms with Crippen molar-refractivity contribution >= 4 is 5.96 Å². The number of ether oxygens (including phenoxy) is 1. The Morgan fingerprint density at radius 3 is 3.08 bits per heavy atom. The van der Waals surface area contributed by atoms with E-state index in [2.05, 4.69) is 38.8 Å². The fraction of sp³-hybridized carbons (Fsp3) is 0.833. The van der Waals surface area contributed by atoms with E-state index >= 15 is 0 Å². The highest BCUT2D eigenvalue weighted by Crippen LogP contribution is 2.16. The minimum atomic E-state index is 0.295. The first-order valence-electron chi connectivity index (χ1n) is 9.77. The van der Waals surface area contributed by atoms with Crippen molar-refractivity contribution in [1.82, 2.24) is 25.0 Å². The van der Waals surface area contributed by atoms with Crippen molar-refractivity contribution in [3.05, 3.63) is 12.2 Å². The number of aromatic nitrogens is 3. The van der Waals surface area contributed by atoms with Crippen LogP contribution in [0.15, 0.2) is 11.3 Å². The molecule has 2 atom stereocenters. The summed E-state index contributed by atoms with van der Waals surface area (Å²) in [4.78, 5) is 7.30. The second-order valence-electron chi connectivity index (χ2n) is 7.21. The van der Waals surface area contributed by atoms with Gasteiger partial charge in [-0.05, 0) is 31.6 Å². The van der Waals surface area contributed by atoms with Gasteiger partial charge in [-0.1, -0.05) is 13.8 Å². The van der Waals surface area contributed by atoms with Crippen molar-refractivity contribution in [2.75, 3.05) is 32.8 Å². The van der Waals surface area contributed by atoms with E-state index in [0.717, 1.165) is 76.3 Å². The molecule has 0 aliphatic carbocycles. The summed E-state index contributed by atoms with van der Waals surface area (Å²) in [7, 11) is 0. The van der Waals surface area contributed by atoms with E-state index < -0.39 is 0 Å². The van der Waals surface area contributed by atoms with Gasteiger partial charge in [0.05, 0.1) is 12.6 Å². The number of aryl methyl sites for hydroxylation is 1. The average molecular weight is 348 g/mol. The quantitative estimate of drug-likeness (QED) is 0.626. The SMILES string of the molecule is CCc1nncn1CCNC(=NCC1CCCO1)N1CCCC(C)C1. The van der Waals surface area contributed by atoms with Crippen LogP contribution in [0.5, 0.6) is 0 Å². The predicted molar refractivity (Wildman–Crippen MR) is 98.6 cm³/mol. The number of aliphatic imine (C=N–C) groups is 1. The highest BCUT2D eigenvalue weighted by molar-refractivity contribution is 5.80. The van der Waals surface area contributed by atoms with Crippen LogP contribution in [0.25, 0.3) is 0 Å². The second kappa shape index (κ2) is 9.17. The lowest BCUT2D eigenvalue weighted by molar-refractivity contribution is 0.117. The molecule has 0 radical (unpaired) electrons. The van der Waals surface area contributed by atoms with E-state index in [1.165, 1.54) is 12.8 Å². The fourth-order valence-electron chi connectivity index (χ4n) is 3.65. The lowest BCUT2D eigenvalue weighted by Crippen LogP contribution is -2.47. The molecule has 0 aromatic carbocycles. The molecule has 140 valence electrons. The van der Waals surface area contributed by atoms with Crippen LogP contribution >= 0.6 is 0 Å². The molecule has 7 nitrogen and oxygen atoms in total. The van der Waals surface area contributed by atoms with Crippen molar-refractivity contribution in [2.45, 2.75) is 58.6 Å². The van der Waals surface area contributed by atoms with Crippen LogP contribution in [-0.2, 0) is 17.7 Å². The Hall–Kier alpha value is -1.63. The summed E-state index contributed by atoms with van der Waals surface area (Å²) in [5, 5.41) is 11.7. The summed E-state index contributed by atoms with van der Waals surface area (Å²) in [6, 6.07) is 0. The zero-order chi connectivity index (χ0) is 17.5. The maximum atomic E-state index is 5.73. The molecule has 1 N–H and O–H groups in total. The minimum Gasteiger partial charge on any atom is -0.376 e. The van der Waals surface area contributed by atoms with Crippen molar-refractivity contribution in [3.8, 4) is 0 Å². The maximum Gasteiger partial charge on any atom is 0.194 e. The molecule has 0 bridgehead atoms. The first kappa shape index (κ1) is 18.2. The van der Waals surface area contributed by atoms with Crippen LogP contribution in [-0.4, -0.2) is 64.5 Å². The number of nitrogens with one attached hydrogen (secondary N) is 1. The summed E-state index contributed by atoms with van der Waals surface area (Å²) in [6.45, 7) is 9.96. The molecule has 7 heteroatoms. The van der Waals surface area contributed by atoms with Crippen LogP contribution in [0.4, 0.5) is 0 Å². The second-order valence-corrected chi connectivity index (χ2v) is 7.21. The Kier molecular flexibility index (Phi) is 6.67. The van der Waals surface area contributed by atoms with Gasteiger partial charge >= 0.3 is 0 Å². The minimum absolute atomic E-state index is 0.295. The third-order valence-electron chi connectivity index (χ3n) is 5.07. The highest BCUT2D eigenvalue weighted by Gasteiger charge is 2.21. The van der Waals surface area contributed by atoms with E-state index in [1.807, 2.05) is 6.33 Å². The monoisotopic (exact) mass is 348 g/mol. The Balaban J connectivity index is 1.57. The van der Waals surface area contributed by atoms with Gasteiger partial charge in [0, 0.05) is 39.2 Å². The van der Waals surface area contributed by atoms with Crippen LogP contribution in [0.2, 0.25) is 0 Å². The molecule has 1 aromatic heterocycles. The van der Waals surface area contributed by atoms with Gasteiger partial charge in [-0.25, -0.2) is 0 Å². The summed E-state index contributed by atoms with van der Waals surface area (Å²) in [5.41, 5.74) is 0. The largest absolute Gasteiger partial charge is 0.376 e. The average Bonchev–Trinajstić information content (AvgIpc) is 3.29. The summed E-state index contributed by atoms with van der Waals surface area (Å²) in [5.74, 6) is 2.80. The topological polar surface area (TPSA) is 67.6 Å². The number of hydrogen-bond acceptors (Lipinski definition) is 4. The molecule has 3 heterocycles. The summed E-state index contributed by atoms with van der Waals surface area (Å²) >= 11 is 0. The summed E-state index contributed by atoms with van der Waals surface area (Å²) in [6.07, 6.45) is 7.87. The van der Waals surface area contributed by atoms with Gasteiger partial charge in [-0.3, -0.25) is 4.99 Å². The van der Waals surface area contributed by atoms with E-state index in [4.69, 9.17) is 9.73 Å². The van der Waals surface area contributed by atoms with Gasteiger partial charge in [0.2, 0.25) is 0 Å².